The van der Waals surface area contributed by atoms with Crippen LogP contribution in [0.1, 0.15) is 37.6 Å². The fourth-order valence-electron chi connectivity index (χ4n) is 2.12. The molecule has 0 spiro atoms. The molecule has 0 amide bonds. The zero-order valence-corrected chi connectivity index (χ0v) is 11.5. The van der Waals surface area contributed by atoms with Crippen LogP contribution in [-0.2, 0) is 0 Å². The van der Waals surface area contributed by atoms with E-state index in [1.54, 1.807) is 6.07 Å². The van der Waals surface area contributed by atoms with E-state index in [4.69, 9.17) is 10.8 Å². The molecule has 0 aliphatic heterocycles. The number of carboxylic acid groups (broad SMARTS) is 1. The average molecular weight is 250 g/mol. The van der Waals surface area contributed by atoms with Gasteiger partial charge in [0.1, 0.15) is 0 Å². The topological polar surface area (TPSA) is 66.6 Å². The first kappa shape index (κ1) is 14.4. The lowest BCUT2D eigenvalue weighted by atomic mass is 10.0. The van der Waals surface area contributed by atoms with Crippen LogP contribution in [0.25, 0.3) is 0 Å². The van der Waals surface area contributed by atoms with Crippen LogP contribution in [0.4, 0.5) is 11.4 Å². The monoisotopic (exact) mass is 250 g/mol. The SMILES string of the molecule is CC(C)CC(C)N(C)c1cccc(C(=O)O)c1N. The predicted octanol–water partition coefficient (Wildman–Crippen LogP) is 2.84. The number of carboxylic acids is 1. The van der Waals surface area contributed by atoms with E-state index in [0.29, 0.717) is 17.6 Å². The average Bonchev–Trinajstić information content (AvgIpc) is 2.27. The molecule has 1 unspecified atom stereocenters. The van der Waals surface area contributed by atoms with E-state index < -0.39 is 5.97 Å². The first-order valence-electron chi connectivity index (χ1n) is 6.19. The molecule has 1 aromatic rings. The molecule has 0 radical (unpaired) electrons. The number of para-hydroxylation sites is 1. The molecule has 3 N–H and O–H groups in total. The number of benzene rings is 1. The van der Waals surface area contributed by atoms with Crippen molar-refractivity contribution in [3.63, 3.8) is 0 Å². The third-order valence-corrected chi connectivity index (χ3v) is 3.17. The molecule has 18 heavy (non-hydrogen) atoms. The van der Waals surface area contributed by atoms with Gasteiger partial charge in [-0.1, -0.05) is 19.9 Å². The minimum atomic E-state index is -0.987. The van der Waals surface area contributed by atoms with Crippen molar-refractivity contribution in [3.8, 4) is 0 Å². The molecular weight excluding hydrogens is 228 g/mol. The van der Waals surface area contributed by atoms with Gasteiger partial charge in [0, 0.05) is 13.1 Å². The molecule has 0 heterocycles. The van der Waals surface area contributed by atoms with E-state index in [0.717, 1.165) is 12.1 Å². The van der Waals surface area contributed by atoms with Gasteiger partial charge in [-0.2, -0.15) is 0 Å². The Labute approximate surface area is 108 Å². The maximum atomic E-state index is 11.0. The second-order valence-corrected chi connectivity index (χ2v) is 5.13. The van der Waals surface area contributed by atoms with Gasteiger partial charge in [-0.05, 0) is 31.4 Å². The van der Waals surface area contributed by atoms with Gasteiger partial charge in [-0.15, -0.1) is 0 Å². The van der Waals surface area contributed by atoms with Crippen LogP contribution in [0.5, 0.6) is 0 Å². The Morgan fingerprint density at radius 1 is 1.39 bits per heavy atom. The van der Waals surface area contributed by atoms with Gasteiger partial charge in [0.2, 0.25) is 0 Å². The lowest BCUT2D eigenvalue weighted by molar-refractivity contribution is 0.0698. The highest BCUT2D eigenvalue weighted by Crippen LogP contribution is 2.28. The number of hydrogen-bond acceptors (Lipinski definition) is 3. The fraction of sp³-hybridized carbons (Fsp3) is 0.500. The fourth-order valence-corrected chi connectivity index (χ4v) is 2.12. The molecule has 0 bridgehead atoms. The Morgan fingerprint density at radius 2 is 2.00 bits per heavy atom. The first-order valence-corrected chi connectivity index (χ1v) is 6.19. The molecule has 1 atom stereocenters. The van der Waals surface area contributed by atoms with E-state index in [1.807, 2.05) is 18.0 Å². The van der Waals surface area contributed by atoms with Gasteiger partial charge < -0.3 is 15.7 Å². The Balaban J connectivity index is 3.02. The van der Waals surface area contributed by atoms with Crippen molar-refractivity contribution in [2.75, 3.05) is 17.7 Å². The highest BCUT2D eigenvalue weighted by molar-refractivity contribution is 5.97. The van der Waals surface area contributed by atoms with Gasteiger partial charge in [0.25, 0.3) is 0 Å². The van der Waals surface area contributed by atoms with Gasteiger partial charge in [0.05, 0.1) is 16.9 Å². The van der Waals surface area contributed by atoms with Crippen molar-refractivity contribution in [2.24, 2.45) is 5.92 Å². The Morgan fingerprint density at radius 3 is 2.50 bits per heavy atom. The Bertz CT molecular complexity index is 430. The summed E-state index contributed by atoms with van der Waals surface area (Å²) in [7, 11) is 1.95. The van der Waals surface area contributed by atoms with Crippen LogP contribution < -0.4 is 10.6 Å². The van der Waals surface area contributed by atoms with Crippen LogP contribution in [-0.4, -0.2) is 24.2 Å². The number of nitrogens with zero attached hydrogens (tertiary/aromatic N) is 1. The van der Waals surface area contributed by atoms with E-state index in [1.165, 1.54) is 6.07 Å². The number of hydrogen-bond donors (Lipinski definition) is 2. The van der Waals surface area contributed by atoms with Crippen molar-refractivity contribution >= 4 is 17.3 Å². The van der Waals surface area contributed by atoms with Gasteiger partial charge in [-0.25, -0.2) is 4.79 Å². The lowest BCUT2D eigenvalue weighted by Crippen LogP contribution is -2.31. The largest absolute Gasteiger partial charge is 0.478 e. The molecule has 0 aliphatic rings. The minimum absolute atomic E-state index is 0.163. The smallest absolute Gasteiger partial charge is 0.337 e. The third kappa shape index (κ3) is 3.15. The zero-order chi connectivity index (χ0) is 13.9. The molecule has 4 heteroatoms. The Kier molecular flexibility index (Phi) is 4.59. The molecule has 0 fully saturated rings. The summed E-state index contributed by atoms with van der Waals surface area (Å²) < 4.78 is 0. The highest BCUT2D eigenvalue weighted by Gasteiger charge is 2.17. The standard InChI is InChI=1S/C14H22N2O2/c1-9(2)8-10(3)16(4)12-7-5-6-11(13(12)15)14(17)18/h5-7,9-10H,8,15H2,1-4H3,(H,17,18). The van der Waals surface area contributed by atoms with Crippen LogP contribution in [0.15, 0.2) is 18.2 Å². The first-order chi connectivity index (χ1) is 8.34. The van der Waals surface area contributed by atoms with E-state index in [9.17, 15) is 4.79 Å². The number of rotatable bonds is 5. The van der Waals surface area contributed by atoms with Gasteiger partial charge >= 0.3 is 5.97 Å². The highest BCUT2D eigenvalue weighted by atomic mass is 16.4. The molecule has 0 aliphatic carbocycles. The minimum Gasteiger partial charge on any atom is -0.478 e. The van der Waals surface area contributed by atoms with Gasteiger partial charge in [0.15, 0.2) is 0 Å². The zero-order valence-electron chi connectivity index (χ0n) is 11.5. The number of aromatic carboxylic acids is 1. The van der Waals surface area contributed by atoms with Crippen LogP contribution >= 0.6 is 0 Å². The summed E-state index contributed by atoms with van der Waals surface area (Å²) in [6, 6.07) is 5.44. The van der Waals surface area contributed by atoms with Crippen LogP contribution in [0, 0.1) is 5.92 Å². The number of nitrogens with two attached hydrogens (primary N) is 1. The quantitative estimate of drug-likeness (QED) is 0.789. The van der Waals surface area contributed by atoms with Crippen molar-refractivity contribution in [1.82, 2.24) is 0 Å². The van der Waals surface area contributed by atoms with Crippen molar-refractivity contribution in [2.45, 2.75) is 33.2 Å². The Hall–Kier alpha value is -1.71. The summed E-state index contributed by atoms with van der Waals surface area (Å²) in [6.07, 6.45) is 1.03. The predicted molar refractivity (Wildman–Crippen MR) is 75.1 cm³/mol. The molecule has 4 nitrogen and oxygen atoms in total. The summed E-state index contributed by atoms with van der Waals surface area (Å²) >= 11 is 0. The maximum absolute atomic E-state index is 11.0. The lowest BCUT2D eigenvalue weighted by Gasteiger charge is -2.29. The molecule has 0 saturated heterocycles. The molecule has 100 valence electrons. The summed E-state index contributed by atoms with van der Waals surface area (Å²) in [5, 5.41) is 9.06. The maximum Gasteiger partial charge on any atom is 0.337 e. The van der Waals surface area contributed by atoms with Crippen molar-refractivity contribution in [1.29, 1.82) is 0 Å². The number of anilines is 2. The molecule has 1 aromatic carbocycles. The van der Waals surface area contributed by atoms with Crippen LogP contribution in [0.3, 0.4) is 0 Å². The van der Waals surface area contributed by atoms with Crippen molar-refractivity contribution in [3.05, 3.63) is 23.8 Å². The third-order valence-electron chi connectivity index (χ3n) is 3.17. The molecular formula is C14H22N2O2. The summed E-state index contributed by atoms with van der Waals surface area (Å²) in [5.41, 5.74) is 7.21. The second-order valence-electron chi connectivity index (χ2n) is 5.13. The molecule has 0 saturated carbocycles. The summed E-state index contributed by atoms with van der Waals surface area (Å²) in [6.45, 7) is 6.45. The number of nitrogen functional groups attached to an aromatic ring is 1. The second kappa shape index (κ2) is 5.76. The molecule has 0 aromatic heterocycles. The molecule has 1 rings (SSSR count). The normalized spacial score (nSPS) is 12.5. The number of carbonyl (C=O) groups is 1. The van der Waals surface area contributed by atoms with Gasteiger partial charge in [-0.3, -0.25) is 0 Å². The summed E-state index contributed by atoms with van der Waals surface area (Å²) in [5.74, 6) is -0.398. The van der Waals surface area contributed by atoms with E-state index >= 15 is 0 Å². The van der Waals surface area contributed by atoms with Crippen molar-refractivity contribution < 1.29 is 9.90 Å². The van der Waals surface area contributed by atoms with E-state index in [2.05, 4.69) is 20.8 Å². The summed E-state index contributed by atoms with van der Waals surface area (Å²) in [4.78, 5) is 13.1. The van der Waals surface area contributed by atoms with E-state index in [-0.39, 0.29) is 5.56 Å². The van der Waals surface area contributed by atoms with Crippen LogP contribution in [0.2, 0.25) is 0 Å².